The maximum atomic E-state index is 11.1. The van der Waals surface area contributed by atoms with Gasteiger partial charge < -0.3 is 5.32 Å². The molecular formula is C20H27Cl2N3O3S. The van der Waals surface area contributed by atoms with E-state index in [1.54, 1.807) is 26.1 Å². The number of nitrogens with one attached hydrogen (secondary N) is 1. The molecule has 0 aliphatic heterocycles. The lowest BCUT2D eigenvalue weighted by atomic mass is 9.83. The van der Waals surface area contributed by atoms with Crippen LogP contribution in [0.25, 0.3) is 0 Å². The lowest BCUT2D eigenvalue weighted by molar-refractivity contribution is 0.0963. The van der Waals surface area contributed by atoms with E-state index in [1.807, 2.05) is 12.3 Å². The molecule has 0 saturated heterocycles. The minimum Gasteiger partial charge on any atom is -0.355 e. The number of hydrogen-bond acceptors (Lipinski definition) is 4. The number of carbonyl (C=O) groups excluding carboxylic acids is 1. The van der Waals surface area contributed by atoms with Gasteiger partial charge in [-0.1, -0.05) is 42.6 Å². The Morgan fingerprint density at radius 1 is 1.24 bits per heavy atom. The highest BCUT2D eigenvalue weighted by molar-refractivity contribution is 7.89. The van der Waals surface area contributed by atoms with Gasteiger partial charge in [-0.05, 0) is 49.6 Å². The van der Waals surface area contributed by atoms with Crippen molar-refractivity contribution in [1.82, 2.24) is 10.3 Å². The molecule has 0 unspecified atom stereocenters. The van der Waals surface area contributed by atoms with Gasteiger partial charge in [0.1, 0.15) is 0 Å². The molecule has 9 heteroatoms. The van der Waals surface area contributed by atoms with Gasteiger partial charge in [0, 0.05) is 29.9 Å². The van der Waals surface area contributed by atoms with E-state index in [9.17, 15) is 13.2 Å². The SMILES string of the molecule is CCCS(N)(=O)=O.CNC(=O)c1ccc(Cl)cc1Cl.c1ccc(C2CCC2)nc1. The van der Waals surface area contributed by atoms with Crippen LogP contribution in [0.5, 0.6) is 0 Å². The second-order valence-corrected chi connectivity index (χ2v) is 9.03. The minimum absolute atomic E-state index is 0.0903. The molecule has 3 rings (SSSR count). The molecule has 0 spiro atoms. The standard InChI is InChI=1S/C9H11N.C8H7Cl2NO.C3H9NO2S/c1-2-7-10-9(6-1)8-4-3-5-8;1-11-8(12)6-3-2-5(9)4-7(6)10;1-2-3-7(4,5)6/h1-2,6-8H,3-5H2;2-4H,1H3,(H,11,12);2-3H2,1H3,(H2,4,5,6). The molecule has 1 aromatic carbocycles. The number of aromatic nitrogens is 1. The zero-order chi connectivity index (χ0) is 21.9. The summed E-state index contributed by atoms with van der Waals surface area (Å²) in [7, 11) is -1.63. The van der Waals surface area contributed by atoms with Crippen molar-refractivity contribution in [2.24, 2.45) is 5.14 Å². The van der Waals surface area contributed by atoms with E-state index in [4.69, 9.17) is 23.2 Å². The van der Waals surface area contributed by atoms with Gasteiger partial charge in [0.05, 0.1) is 16.3 Å². The molecule has 1 aliphatic carbocycles. The van der Waals surface area contributed by atoms with Crippen molar-refractivity contribution >= 4 is 39.1 Å². The molecular weight excluding hydrogens is 433 g/mol. The smallest absolute Gasteiger partial charge is 0.252 e. The average molecular weight is 460 g/mol. The first-order chi connectivity index (χ1) is 13.7. The maximum Gasteiger partial charge on any atom is 0.252 e. The van der Waals surface area contributed by atoms with Crippen molar-refractivity contribution in [1.29, 1.82) is 0 Å². The van der Waals surface area contributed by atoms with Crippen molar-refractivity contribution in [3.05, 3.63) is 63.9 Å². The van der Waals surface area contributed by atoms with Crippen LogP contribution in [0.4, 0.5) is 0 Å². The van der Waals surface area contributed by atoms with Crippen molar-refractivity contribution in [3.8, 4) is 0 Å². The fourth-order valence-corrected chi connectivity index (χ4v) is 3.48. The largest absolute Gasteiger partial charge is 0.355 e. The number of nitrogens with zero attached hydrogens (tertiary/aromatic N) is 1. The van der Waals surface area contributed by atoms with Crippen LogP contribution in [0.2, 0.25) is 10.0 Å². The van der Waals surface area contributed by atoms with Crippen molar-refractivity contribution in [2.75, 3.05) is 12.8 Å². The Bertz CT molecular complexity index is 874. The normalized spacial score (nSPS) is 13.1. The van der Waals surface area contributed by atoms with Gasteiger partial charge in [-0.2, -0.15) is 0 Å². The highest BCUT2D eigenvalue weighted by atomic mass is 35.5. The number of primary sulfonamides is 1. The van der Waals surface area contributed by atoms with E-state index in [1.165, 1.54) is 31.0 Å². The van der Waals surface area contributed by atoms with Crippen LogP contribution < -0.4 is 10.5 Å². The van der Waals surface area contributed by atoms with E-state index in [0.29, 0.717) is 22.0 Å². The maximum absolute atomic E-state index is 11.1. The first-order valence-electron chi connectivity index (χ1n) is 9.26. The van der Waals surface area contributed by atoms with Crippen molar-refractivity contribution < 1.29 is 13.2 Å². The molecule has 29 heavy (non-hydrogen) atoms. The Hall–Kier alpha value is -1.67. The number of rotatable bonds is 4. The molecule has 160 valence electrons. The number of amides is 1. The summed E-state index contributed by atoms with van der Waals surface area (Å²) in [5.41, 5.74) is 1.72. The second-order valence-electron chi connectivity index (χ2n) is 6.45. The number of nitrogens with two attached hydrogens (primary N) is 1. The number of carbonyl (C=O) groups is 1. The third-order valence-corrected chi connectivity index (χ3v) is 5.63. The molecule has 0 bridgehead atoms. The molecule has 2 aromatic rings. The second kappa shape index (κ2) is 12.8. The van der Waals surface area contributed by atoms with Gasteiger partial charge in [0.15, 0.2) is 0 Å². The molecule has 6 nitrogen and oxygen atoms in total. The molecule has 1 fully saturated rings. The van der Waals surface area contributed by atoms with Gasteiger partial charge in [-0.15, -0.1) is 0 Å². The molecule has 1 saturated carbocycles. The van der Waals surface area contributed by atoms with Crippen LogP contribution in [0.15, 0.2) is 42.6 Å². The monoisotopic (exact) mass is 459 g/mol. The fraction of sp³-hybridized carbons (Fsp3) is 0.400. The topological polar surface area (TPSA) is 102 Å². The molecule has 1 heterocycles. The first-order valence-corrected chi connectivity index (χ1v) is 11.7. The Labute approximate surface area is 182 Å². The van der Waals surface area contributed by atoms with Gasteiger partial charge in [0.25, 0.3) is 5.91 Å². The highest BCUT2D eigenvalue weighted by Crippen LogP contribution is 2.34. The van der Waals surface area contributed by atoms with Gasteiger partial charge in [-0.25, -0.2) is 13.6 Å². The van der Waals surface area contributed by atoms with Gasteiger partial charge in [0.2, 0.25) is 10.0 Å². The quantitative estimate of drug-likeness (QED) is 0.707. The third-order valence-electron chi connectivity index (χ3n) is 4.10. The van der Waals surface area contributed by atoms with Gasteiger partial charge >= 0.3 is 0 Å². The molecule has 0 radical (unpaired) electrons. The number of benzene rings is 1. The molecule has 0 atom stereocenters. The van der Waals surface area contributed by atoms with Crippen LogP contribution in [-0.4, -0.2) is 32.1 Å². The van der Waals surface area contributed by atoms with Crippen molar-refractivity contribution in [3.63, 3.8) is 0 Å². The third kappa shape index (κ3) is 10.1. The zero-order valence-corrected chi connectivity index (χ0v) is 18.9. The Balaban J connectivity index is 0.000000226. The predicted octanol–water partition coefficient (Wildman–Crippen LogP) is 4.39. The van der Waals surface area contributed by atoms with Crippen LogP contribution in [-0.2, 0) is 10.0 Å². The van der Waals surface area contributed by atoms with E-state index < -0.39 is 10.0 Å². The fourth-order valence-electron chi connectivity index (χ4n) is 2.41. The van der Waals surface area contributed by atoms with Crippen LogP contribution >= 0.6 is 23.2 Å². The van der Waals surface area contributed by atoms with Crippen LogP contribution in [0.3, 0.4) is 0 Å². The molecule has 1 aliphatic rings. The summed E-state index contributed by atoms with van der Waals surface area (Å²) in [6.07, 6.45) is 6.56. The number of hydrogen-bond donors (Lipinski definition) is 2. The Morgan fingerprint density at radius 2 is 1.93 bits per heavy atom. The first kappa shape index (κ1) is 25.4. The minimum atomic E-state index is -3.17. The zero-order valence-electron chi connectivity index (χ0n) is 16.6. The Morgan fingerprint density at radius 3 is 2.31 bits per heavy atom. The predicted molar refractivity (Wildman–Crippen MR) is 119 cm³/mol. The molecule has 3 N–H and O–H groups in total. The van der Waals surface area contributed by atoms with E-state index in [-0.39, 0.29) is 11.7 Å². The summed E-state index contributed by atoms with van der Waals surface area (Å²) in [4.78, 5) is 15.4. The summed E-state index contributed by atoms with van der Waals surface area (Å²) < 4.78 is 20.0. The summed E-state index contributed by atoms with van der Waals surface area (Å²) in [5, 5.41) is 7.98. The number of pyridine rings is 1. The van der Waals surface area contributed by atoms with E-state index >= 15 is 0 Å². The number of sulfonamides is 1. The lowest BCUT2D eigenvalue weighted by Gasteiger charge is -2.24. The van der Waals surface area contributed by atoms with Crippen LogP contribution in [0, 0.1) is 0 Å². The molecule has 1 aromatic heterocycles. The summed E-state index contributed by atoms with van der Waals surface area (Å²) in [5.74, 6) is 0.658. The summed E-state index contributed by atoms with van der Waals surface area (Å²) in [6.45, 7) is 1.77. The summed E-state index contributed by atoms with van der Waals surface area (Å²) >= 11 is 11.4. The van der Waals surface area contributed by atoms with Gasteiger partial charge in [-0.3, -0.25) is 9.78 Å². The van der Waals surface area contributed by atoms with Crippen molar-refractivity contribution in [2.45, 2.75) is 38.5 Å². The summed E-state index contributed by atoms with van der Waals surface area (Å²) in [6, 6.07) is 10.9. The van der Waals surface area contributed by atoms with E-state index in [0.717, 1.165) is 5.92 Å². The molecule has 1 amide bonds. The Kier molecular flexibility index (Phi) is 11.2. The average Bonchev–Trinajstić information content (AvgIpc) is 2.61. The van der Waals surface area contributed by atoms with Crippen LogP contribution in [0.1, 0.15) is 54.6 Å². The van der Waals surface area contributed by atoms with E-state index in [2.05, 4.69) is 27.6 Å². The number of halogens is 2. The highest BCUT2D eigenvalue weighted by Gasteiger charge is 2.19. The lowest BCUT2D eigenvalue weighted by Crippen LogP contribution is -2.17.